The van der Waals surface area contributed by atoms with Crippen LogP contribution in [0.1, 0.15) is 21.5 Å². The van der Waals surface area contributed by atoms with E-state index in [9.17, 15) is 26.4 Å². The van der Waals surface area contributed by atoms with Crippen LogP contribution in [0.2, 0.25) is 0 Å². The summed E-state index contributed by atoms with van der Waals surface area (Å²) in [6.07, 6.45) is 2.14. The molecule has 0 amide bonds. The summed E-state index contributed by atoms with van der Waals surface area (Å²) in [6.45, 7) is 3.59. The molecule has 0 N–H and O–H groups in total. The summed E-state index contributed by atoms with van der Waals surface area (Å²) in [5.74, 6) is -1.34. The number of halogens is 3. The molecule has 0 fully saturated rings. The average molecular weight is 370 g/mol. The van der Waals surface area contributed by atoms with Gasteiger partial charge in [0.2, 0.25) is 0 Å². The molecule has 0 unspecified atom stereocenters. The topological polar surface area (TPSA) is 60.4 Å². The number of allylic oxidation sites excluding steroid dienone is 1. The third-order valence-corrected chi connectivity index (χ3v) is 4.15. The second-order valence-corrected chi connectivity index (χ2v) is 6.54. The summed E-state index contributed by atoms with van der Waals surface area (Å²) in [4.78, 5) is 12.6. The Balaban J connectivity index is 2.42. The summed E-state index contributed by atoms with van der Waals surface area (Å²) in [7, 11) is -5.87. The highest BCUT2D eigenvalue weighted by molar-refractivity contribution is 7.88. The monoisotopic (exact) mass is 370 g/mol. The maximum Gasteiger partial charge on any atom is 0.534 e. The van der Waals surface area contributed by atoms with Crippen LogP contribution in [0.15, 0.2) is 61.2 Å². The van der Waals surface area contributed by atoms with Gasteiger partial charge in [0.05, 0.1) is 5.56 Å². The van der Waals surface area contributed by atoms with Crippen LogP contribution in [0.3, 0.4) is 0 Å². The van der Waals surface area contributed by atoms with Crippen LogP contribution in [0.25, 0.3) is 0 Å². The molecule has 0 saturated carbocycles. The van der Waals surface area contributed by atoms with Gasteiger partial charge in [0.1, 0.15) is 0 Å². The van der Waals surface area contributed by atoms with E-state index < -0.39 is 27.2 Å². The number of hydrogen-bond acceptors (Lipinski definition) is 4. The molecule has 0 heterocycles. The van der Waals surface area contributed by atoms with Crippen molar-refractivity contribution in [3.63, 3.8) is 0 Å². The van der Waals surface area contributed by atoms with Gasteiger partial charge in [0.25, 0.3) is 0 Å². The highest BCUT2D eigenvalue weighted by atomic mass is 32.2. The number of benzene rings is 2. The van der Waals surface area contributed by atoms with Gasteiger partial charge in [0, 0.05) is 5.56 Å². The number of ketones is 1. The first kappa shape index (κ1) is 18.7. The number of para-hydroxylation sites is 1. The van der Waals surface area contributed by atoms with Gasteiger partial charge < -0.3 is 4.18 Å². The average Bonchev–Trinajstić information content (AvgIpc) is 2.54. The molecule has 8 heteroatoms. The Labute approximate surface area is 142 Å². The number of carbonyl (C=O) groups is 1. The van der Waals surface area contributed by atoms with E-state index >= 15 is 0 Å². The van der Waals surface area contributed by atoms with E-state index in [-0.39, 0.29) is 11.1 Å². The van der Waals surface area contributed by atoms with Crippen LogP contribution >= 0.6 is 0 Å². The first-order valence-electron chi connectivity index (χ1n) is 7.00. The quantitative estimate of drug-likeness (QED) is 0.335. The molecule has 0 radical (unpaired) electrons. The minimum Gasteiger partial charge on any atom is -0.375 e. The Morgan fingerprint density at radius 3 is 2.44 bits per heavy atom. The van der Waals surface area contributed by atoms with Crippen molar-refractivity contribution in [3.05, 3.63) is 77.9 Å². The summed E-state index contributed by atoms with van der Waals surface area (Å²) >= 11 is 0. The fourth-order valence-electron chi connectivity index (χ4n) is 2.05. The number of hydrogen-bond donors (Lipinski definition) is 0. The largest absolute Gasteiger partial charge is 0.534 e. The molecule has 2 aromatic rings. The number of carbonyl (C=O) groups excluding carboxylic acids is 1. The molecule has 0 aliphatic carbocycles. The van der Waals surface area contributed by atoms with Crippen LogP contribution < -0.4 is 4.18 Å². The molecule has 0 aromatic heterocycles. The second kappa shape index (κ2) is 7.10. The molecule has 4 nitrogen and oxygen atoms in total. The summed E-state index contributed by atoms with van der Waals surface area (Å²) in [6, 6.07) is 11.3. The third-order valence-electron chi connectivity index (χ3n) is 3.18. The van der Waals surface area contributed by atoms with Gasteiger partial charge in [0.15, 0.2) is 11.5 Å². The lowest BCUT2D eigenvalue weighted by Crippen LogP contribution is -2.28. The third kappa shape index (κ3) is 4.27. The van der Waals surface area contributed by atoms with Crippen LogP contribution in [0.4, 0.5) is 13.2 Å². The van der Waals surface area contributed by atoms with Gasteiger partial charge >= 0.3 is 15.6 Å². The van der Waals surface area contributed by atoms with Gasteiger partial charge in [-0.05, 0) is 30.2 Å². The predicted molar refractivity (Wildman–Crippen MR) is 85.8 cm³/mol. The van der Waals surface area contributed by atoms with E-state index in [0.29, 0.717) is 6.42 Å². The Morgan fingerprint density at radius 2 is 1.80 bits per heavy atom. The molecule has 2 rings (SSSR count). The van der Waals surface area contributed by atoms with Crippen molar-refractivity contribution in [2.45, 2.75) is 11.9 Å². The van der Waals surface area contributed by atoms with Crippen molar-refractivity contribution < 1.29 is 30.6 Å². The van der Waals surface area contributed by atoms with Crippen LogP contribution in [-0.2, 0) is 16.5 Å². The molecule has 2 aromatic carbocycles. The van der Waals surface area contributed by atoms with E-state index in [2.05, 4.69) is 10.8 Å². The van der Waals surface area contributed by atoms with Crippen molar-refractivity contribution >= 4 is 15.9 Å². The van der Waals surface area contributed by atoms with E-state index in [0.717, 1.165) is 11.6 Å². The lowest BCUT2D eigenvalue weighted by molar-refractivity contribution is -0.0500. The predicted octanol–water partition coefficient (Wildman–Crippen LogP) is 3.87. The van der Waals surface area contributed by atoms with Gasteiger partial charge in [-0.15, -0.1) is 6.58 Å². The van der Waals surface area contributed by atoms with Gasteiger partial charge in [-0.3, -0.25) is 4.79 Å². The highest BCUT2D eigenvalue weighted by Crippen LogP contribution is 2.30. The van der Waals surface area contributed by atoms with E-state index in [1.807, 2.05) is 0 Å². The highest BCUT2D eigenvalue weighted by Gasteiger charge is 2.48. The Kier molecular flexibility index (Phi) is 5.32. The standard InChI is InChI=1S/C17H13F3O4S/c1-2-6-12-7-5-8-13(11-12)16(21)14-9-3-4-10-15(14)24-25(22,23)17(18,19)20/h2-5,7-11H,1,6H2. The summed E-state index contributed by atoms with van der Waals surface area (Å²) in [5.41, 5.74) is -4.90. The smallest absolute Gasteiger partial charge is 0.375 e. The van der Waals surface area contributed by atoms with Crippen LogP contribution in [-0.4, -0.2) is 19.7 Å². The molecule has 0 aliphatic rings. The SMILES string of the molecule is C=CCc1cccc(C(=O)c2ccccc2OS(=O)(=O)C(F)(F)F)c1. The molecular weight excluding hydrogens is 357 g/mol. The molecule has 0 bridgehead atoms. The summed E-state index contributed by atoms with van der Waals surface area (Å²) < 4.78 is 64.0. The summed E-state index contributed by atoms with van der Waals surface area (Å²) in [5, 5.41) is 0. The normalized spacial score (nSPS) is 11.8. The first-order valence-corrected chi connectivity index (χ1v) is 8.41. The van der Waals surface area contributed by atoms with Gasteiger partial charge in [-0.2, -0.15) is 21.6 Å². The van der Waals surface area contributed by atoms with E-state index in [1.54, 1.807) is 24.3 Å². The van der Waals surface area contributed by atoms with Crippen LogP contribution in [0, 0.1) is 0 Å². The Morgan fingerprint density at radius 1 is 1.12 bits per heavy atom. The van der Waals surface area contributed by atoms with Crippen molar-refractivity contribution in [1.29, 1.82) is 0 Å². The molecule has 0 spiro atoms. The molecule has 132 valence electrons. The van der Waals surface area contributed by atoms with E-state index in [1.165, 1.54) is 24.3 Å². The van der Waals surface area contributed by atoms with Crippen molar-refractivity contribution in [3.8, 4) is 5.75 Å². The minimum atomic E-state index is -5.87. The molecule has 0 atom stereocenters. The molecular formula is C17H13F3O4S. The van der Waals surface area contributed by atoms with Crippen LogP contribution in [0.5, 0.6) is 5.75 Å². The van der Waals surface area contributed by atoms with Gasteiger partial charge in [-0.25, -0.2) is 0 Å². The lowest BCUT2D eigenvalue weighted by atomic mass is 10.00. The Hall–Kier alpha value is -2.61. The minimum absolute atomic E-state index is 0.194. The first-order chi connectivity index (χ1) is 11.7. The zero-order valence-electron chi connectivity index (χ0n) is 12.8. The van der Waals surface area contributed by atoms with Crippen molar-refractivity contribution in [2.75, 3.05) is 0 Å². The number of alkyl halides is 3. The molecule has 0 aliphatic heterocycles. The van der Waals surface area contributed by atoms with Crippen molar-refractivity contribution in [1.82, 2.24) is 0 Å². The zero-order valence-corrected chi connectivity index (χ0v) is 13.6. The maximum atomic E-state index is 12.6. The number of rotatable bonds is 6. The molecule has 25 heavy (non-hydrogen) atoms. The maximum absolute atomic E-state index is 12.6. The van der Waals surface area contributed by atoms with Crippen molar-refractivity contribution in [2.24, 2.45) is 0 Å². The fraction of sp³-hybridized carbons (Fsp3) is 0.118. The van der Waals surface area contributed by atoms with E-state index in [4.69, 9.17) is 0 Å². The fourth-order valence-corrected chi connectivity index (χ4v) is 2.53. The van der Waals surface area contributed by atoms with Gasteiger partial charge in [-0.1, -0.05) is 36.4 Å². The zero-order chi connectivity index (χ0) is 18.7. The molecule has 0 saturated heterocycles. The lowest BCUT2D eigenvalue weighted by Gasteiger charge is -2.12. The second-order valence-electron chi connectivity index (χ2n) is 5.00. The Bertz CT molecular complexity index is 902.